The van der Waals surface area contributed by atoms with Gasteiger partial charge in [0.1, 0.15) is 11.4 Å². The predicted molar refractivity (Wildman–Crippen MR) is 65.9 cm³/mol. The average molecular weight is 255 g/mol. The molecule has 92 valence electrons. The third kappa shape index (κ3) is 2.25. The quantitative estimate of drug-likeness (QED) is 0.881. The van der Waals surface area contributed by atoms with Crippen LogP contribution in [0.3, 0.4) is 0 Å². The van der Waals surface area contributed by atoms with E-state index in [9.17, 15) is 4.79 Å². The van der Waals surface area contributed by atoms with E-state index < -0.39 is 11.9 Å². The number of benzene rings is 1. The summed E-state index contributed by atoms with van der Waals surface area (Å²) in [6, 6.07) is 3.56. The Bertz CT molecular complexity index is 480. The molecule has 1 aromatic carbocycles. The molecule has 0 saturated heterocycles. The maximum Gasteiger partial charge on any atom is 0.310 e. The van der Waals surface area contributed by atoms with E-state index in [0.29, 0.717) is 10.8 Å². The first-order valence-electron chi connectivity index (χ1n) is 5.54. The number of halogens is 1. The van der Waals surface area contributed by atoms with E-state index in [1.54, 1.807) is 13.0 Å². The molecule has 1 aliphatic heterocycles. The summed E-state index contributed by atoms with van der Waals surface area (Å²) < 4.78 is 5.74. The van der Waals surface area contributed by atoms with E-state index in [2.05, 4.69) is 0 Å². The third-order valence-corrected chi connectivity index (χ3v) is 3.29. The van der Waals surface area contributed by atoms with Gasteiger partial charge in [0.05, 0.1) is 10.9 Å². The summed E-state index contributed by atoms with van der Waals surface area (Å²) in [4.78, 5) is 11.0. The maximum absolute atomic E-state index is 11.0. The average Bonchev–Trinajstić information content (AvgIpc) is 2.51. The third-order valence-electron chi connectivity index (χ3n) is 3.01. The van der Waals surface area contributed by atoms with Gasteiger partial charge >= 0.3 is 5.97 Å². The lowest BCUT2D eigenvalue weighted by Gasteiger charge is -2.17. The van der Waals surface area contributed by atoms with Gasteiger partial charge in [-0.1, -0.05) is 17.7 Å². The minimum atomic E-state index is -0.848. The zero-order chi connectivity index (χ0) is 12.8. The van der Waals surface area contributed by atoms with Crippen molar-refractivity contribution >= 4 is 17.6 Å². The van der Waals surface area contributed by atoms with Crippen molar-refractivity contribution in [3.8, 4) is 5.75 Å². The van der Waals surface area contributed by atoms with Crippen LogP contribution < -0.4 is 4.74 Å². The standard InChI is InChI=1S/C13H15ClO3/c1-7(12(15)16)8-4-9-6-13(2,3)17-11(9)10(14)5-8/h4-5,7H,6H2,1-3H3,(H,15,16)/t7-/m1/s1. The van der Waals surface area contributed by atoms with Crippen LogP contribution in [0.2, 0.25) is 5.02 Å². The molecule has 0 aliphatic carbocycles. The second-order valence-corrected chi connectivity index (χ2v) is 5.50. The van der Waals surface area contributed by atoms with Crippen LogP contribution in [0.5, 0.6) is 5.75 Å². The van der Waals surface area contributed by atoms with Crippen molar-refractivity contribution in [3.63, 3.8) is 0 Å². The van der Waals surface area contributed by atoms with Crippen molar-refractivity contribution in [2.45, 2.75) is 38.7 Å². The first-order valence-corrected chi connectivity index (χ1v) is 5.92. The zero-order valence-electron chi connectivity index (χ0n) is 10.1. The number of fused-ring (bicyclic) bond motifs is 1. The van der Waals surface area contributed by atoms with Gasteiger partial charge in [0.25, 0.3) is 0 Å². The number of carboxylic acids is 1. The van der Waals surface area contributed by atoms with Gasteiger partial charge in [-0.25, -0.2) is 0 Å². The number of aliphatic carboxylic acids is 1. The van der Waals surface area contributed by atoms with Crippen LogP contribution >= 0.6 is 11.6 Å². The Hall–Kier alpha value is -1.22. The number of carboxylic acid groups (broad SMARTS) is 1. The lowest BCUT2D eigenvalue weighted by Crippen LogP contribution is -2.24. The molecule has 0 aromatic heterocycles. The first kappa shape index (κ1) is 12.2. The van der Waals surface area contributed by atoms with Crippen molar-refractivity contribution in [1.82, 2.24) is 0 Å². The number of hydrogen-bond donors (Lipinski definition) is 1. The van der Waals surface area contributed by atoms with Crippen LogP contribution in [-0.2, 0) is 11.2 Å². The number of hydrogen-bond acceptors (Lipinski definition) is 2. The maximum atomic E-state index is 11.0. The Labute approximate surface area is 105 Å². The fourth-order valence-corrected chi connectivity index (χ4v) is 2.37. The van der Waals surface area contributed by atoms with E-state index in [0.717, 1.165) is 17.5 Å². The number of rotatable bonds is 2. The molecule has 0 unspecified atom stereocenters. The highest BCUT2D eigenvalue weighted by Crippen LogP contribution is 2.42. The summed E-state index contributed by atoms with van der Waals surface area (Å²) in [5.74, 6) is -0.710. The number of carbonyl (C=O) groups is 1. The molecule has 1 atom stereocenters. The molecule has 0 saturated carbocycles. The Morgan fingerprint density at radius 1 is 1.53 bits per heavy atom. The van der Waals surface area contributed by atoms with E-state index in [1.807, 2.05) is 19.9 Å². The molecule has 1 aliphatic rings. The van der Waals surface area contributed by atoms with E-state index >= 15 is 0 Å². The second-order valence-electron chi connectivity index (χ2n) is 5.09. The lowest BCUT2D eigenvalue weighted by atomic mass is 9.95. The Kier molecular flexibility index (Phi) is 2.82. The minimum Gasteiger partial charge on any atom is -0.486 e. The summed E-state index contributed by atoms with van der Waals surface area (Å²) in [5, 5.41) is 9.50. The molecular formula is C13H15ClO3. The predicted octanol–water partition coefficient (Wildman–Crippen LogP) is 3.24. The van der Waals surface area contributed by atoms with Crippen LogP contribution in [0.25, 0.3) is 0 Å². The van der Waals surface area contributed by atoms with E-state index in [4.69, 9.17) is 21.4 Å². The van der Waals surface area contributed by atoms with Gasteiger partial charge in [-0.3, -0.25) is 4.79 Å². The summed E-state index contributed by atoms with van der Waals surface area (Å²) in [6.45, 7) is 5.63. The lowest BCUT2D eigenvalue weighted by molar-refractivity contribution is -0.138. The van der Waals surface area contributed by atoms with Gasteiger partial charge in [0.15, 0.2) is 0 Å². The topological polar surface area (TPSA) is 46.5 Å². The van der Waals surface area contributed by atoms with Gasteiger partial charge in [0.2, 0.25) is 0 Å². The molecule has 0 bridgehead atoms. The van der Waals surface area contributed by atoms with Gasteiger partial charge in [-0.15, -0.1) is 0 Å². The Balaban J connectivity index is 2.44. The van der Waals surface area contributed by atoms with Crippen LogP contribution in [0, 0.1) is 0 Å². The fourth-order valence-electron chi connectivity index (χ4n) is 2.08. The van der Waals surface area contributed by atoms with Crippen molar-refractivity contribution in [2.24, 2.45) is 0 Å². The monoisotopic (exact) mass is 254 g/mol. The fraction of sp³-hybridized carbons (Fsp3) is 0.462. The number of ether oxygens (including phenoxy) is 1. The van der Waals surface area contributed by atoms with E-state index in [1.165, 1.54) is 0 Å². The van der Waals surface area contributed by atoms with Crippen molar-refractivity contribution in [3.05, 3.63) is 28.3 Å². The minimum absolute atomic E-state index is 0.267. The molecule has 0 spiro atoms. The van der Waals surface area contributed by atoms with Gasteiger partial charge in [-0.2, -0.15) is 0 Å². The summed E-state index contributed by atoms with van der Waals surface area (Å²) in [5.41, 5.74) is 1.45. The molecule has 1 heterocycles. The zero-order valence-corrected chi connectivity index (χ0v) is 10.8. The summed E-state index contributed by atoms with van der Waals surface area (Å²) in [7, 11) is 0. The largest absolute Gasteiger partial charge is 0.486 e. The van der Waals surface area contributed by atoms with Crippen LogP contribution in [0.1, 0.15) is 37.8 Å². The molecular weight excluding hydrogens is 240 g/mol. The van der Waals surface area contributed by atoms with Crippen molar-refractivity contribution in [2.75, 3.05) is 0 Å². The summed E-state index contributed by atoms with van der Waals surface area (Å²) in [6.07, 6.45) is 0.752. The highest BCUT2D eigenvalue weighted by atomic mass is 35.5. The SMILES string of the molecule is C[C@@H](C(=O)O)c1cc(Cl)c2c(c1)CC(C)(C)O2. The normalized spacial score (nSPS) is 18.4. The van der Waals surface area contributed by atoms with Gasteiger partial charge < -0.3 is 9.84 Å². The van der Waals surface area contributed by atoms with Crippen molar-refractivity contribution < 1.29 is 14.6 Å². The van der Waals surface area contributed by atoms with Crippen LogP contribution in [0.15, 0.2) is 12.1 Å². The second kappa shape index (κ2) is 3.91. The summed E-state index contributed by atoms with van der Waals surface area (Å²) >= 11 is 6.13. The molecule has 4 heteroatoms. The Morgan fingerprint density at radius 2 is 2.18 bits per heavy atom. The first-order chi connectivity index (χ1) is 7.80. The van der Waals surface area contributed by atoms with Crippen LogP contribution in [0.4, 0.5) is 0 Å². The molecule has 0 fully saturated rings. The molecule has 2 rings (SSSR count). The Morgan fingerprint density at radius 3 is 2.76 bits per heavy atom. The van der Waals surface area contributed by atoms with Gasteiger partial charge in [-0.05, 0) is 38.0 Å². The molecule has 0 radical (unpaired) electrons. The molecule has 1 N–H and O–H groups in total. The van der Waals surface area contributed by atoms with Crippen LogP contribution in [-0.4, -0.2) is 16.7 Å². The van der Waals surface area contributed by atoms with E-state index in [-0.39, 0.29) is 5.60 Å². The van der Waals surface area contributed by atoms with Gasteiger partial charge in [0, 0.05) is 6.42 Å². The molecule has 17 heavy (non-hydrogen) atoms. The molecule has 3 nitrogen and oxygen atoms in total. The van der Waals surface area contributed by atoms with Crippen molar-refractivity contribution in [1.29, 1.82) is 0 Å². The molecule has 0 amide bonds. The molecule has 1 aromatic rings. The highest BCUT2D eigenvalue weighted by molar-refractivity contribution is 6.32. The highest BCUT2D eigenvalue weighted by Gasteiger charge is 2.32. The smallest absolute Gasteiger partial charge is 0.310 e.